The molecule has 7 nitrogen and oxygen atoms in total. The Morgan fingerprint density at radius 1 is 1.25 bits per heavy atom. The van der Waals surface area contributed by atoms with E-state index < -0.39 is 11.9 Å². The number of methoxy groups -OCH3 is 1. The van der Waals surface area contributed by atoms with E-state index in [1.165, 1.54) is 12.0 Å². The van der Waals surface area contributed by atoms with E-state index in [0.717, 1.165) is 0 Å². The van der Waals surface area contributed by atoms with E-state index in [1.807, 2.05) is 6.92 Å². The zero-order valence-electron chi connectivity index (χ0n) is 12.5. The Labute approximate surface area is 119 Å². The third-order valence-corrected chi connectivity index (χ3v) is 2.86. The molecule has 0 aromatic carbocycles. The number of urea groups is 1. The highest BCUT2D eigenvalue weighted by Crippen LogP contribution is 2.05. The first-order valence-corrected chi connectivity index (χ1v) is 6.61. The van der Waals surface area contributed by atoms with Gasteiger partial charge in [-0.25, -0.2) is 4.79 Å². The van der Waals surface area contributed by atoms with Gasteiger partial charge in [-0.3, -0.25) is 9.59 Å². The molecule has 7 heteroatoms. The summed E-state index contributed by atoms with van der Waals surface area (Å²) in [5, 5.41) is 11.3. The van der Waals surface area contributed by atoms with E-state index in [-0.39, 0.29) is 31.0 Å². The molecule has 0 rings (SSSR count). The second-order valence-electron chi connectivity index (χ2n) is 5.02. The highest BCUT2D eigenvalue weighted by molar-refractivity contribution is 5.81. The van der Waals surface area contributed by atoms with Gasteiger partial charge in [0.05, 0.1) is 7.11 Å². The average molecular weight is 288 g/mol. The lowest BCUT2D eigenvalue weighted by atomic mass is 10.1. The monoisotopic (exact) mass is 288 g/mol. The fourth-order valence-electron chi connectivity index (χ4n) is 1.53. The maximum atomic E-state index is 12.0. The molecule has 0 aromatic heterocycles. The van der Waals surface area contributed by atoms with Crippen LogP contribution in [0.5, 0.6) is 0 Å². The molecule has 0 aliphatic heterocycles. The van der Waals surface area contributed by atoms with Gasteiger partial charge in [-0.1, -0.05) is 6.92 Å². The Balaban J connectivity index is 4.26. The summed E-state index contributed by atoms with van der Waals surface area (Å²) in [5.41, 5.74) is 0. The van der Waals surface area contributed by atoms with Crippen LogP contribution in [0.2, 0.25) is 0 Å². The number of esters is 1. The van der Waals surface area contributed by atoms with Crippen LogP contribution in [0.3, 0.4) is 0 Å². The largest absolute Gasteiger partial charge is 0.481 e. The molecular formula is C13H24N2O5. The molecule has 0 fully saturated rings. The van der Waals surface area contributed by atoms with Gasteiger partial charge in [-0.2, -0.15) is 0 Å². The van der Waals surface area contributed by atoms with E-state index in [2.05, 4.69) is 10.1 Å². The zero-order valence-corrected chi connectivity index (χ0v) is 12.5. The van der Waals surface area contributed by atoms with Gasteiger partial charge >= 0.3 is 18.0 Å². The third kappa shape index (κ3) is 7.60. The van der Waals surface area contributed by atoms with E-state index in [1.54, 1.807) is 13.8 Å². The van der Waals surface area contributed by atoms with E-state index in [4.69, 9.17) is 5.11 Å². The van der Waals surface area contributed by atoms with Crippen LogP contribution in [0.4, 0.5) is 4.79 Å². The number of aliphatic carboxylic acids is 1. The van der Waals surface area contributed by atoms with Crippen molar-refractivity contribution in [2.75, 3.05) is 20.2 Å². The number of ether oxygens (including phenoxy) is 1. The van der Waals surface area contributed by atoms with Crippen molar-refractivity contribution in [3.05, 3.63) is 0 Å². The second-order valence-corrected chi connectivity index (χ2v) is 5.02. The Kier molecular flexibility index (Phi) is 8.35. The minimum Gasteiger partial charge on any atom is -0.481 e. The molecule has 0 spiro atoms. The first kappa shape index (κ1) is 18.2. The summed E-state index contributed by atoms with van der Waals surface area (Å²) in [5.74, 6) is -1.27. The van der Waals surface area contributed by atoms with Crippen LogP contribution in [0.25, 0.3) is 0 Å². The maximum Gasteiger partial charge on any atom is 0.325 e. The number of nitrogens with zero attached hydrogens (tertiary/aromatic N) is 1. The predicted octanol–water partition coefficient (Wildman–Crippen LogP) is 1.08. The molecule has 0 aromatic rings. The SMILES string of the molecule is COC(=O)CN(C(=O)NCC(C)CCC(=O)O)C(C)C. The smallest absolute Gasteiger partial charge is 0.325 e. The van der Waals surface area contributed by atoms with Crippen molar-refractivity contribution in [2.24, 2.45) is 5.92 Å². The number of hydrogen-bond donors (Lipinski definition) is 2. The van der Waals surface area contributed by atoms with Crippen molar-refractivity contribution in [3.8, 4) is 0 Å². The predicted molar refractivity (Wildman–Crippen MR) is 73.3 cm³/mol. The van der Waals surface area contributed by atoms with Crippen molar-refractivity contribution in [2.45, 2.75) is 39.7 Å². The lowest BCUT2D eigenvalue weighted by Gasteiger charge is -2.26. The molecular weight excluding hydrogens is 264 g/mol. The molecule has 0 saturated heterocycles. The van der Waals surface area contributed by atoms with Crippen LogP contribution in [0.1, 0.15) is 33.6 Å². The van der Waals surface area contributed by atoms with E-state index in [9.17, 15) is 14.4 Å². The number of carbonyl (C=O) groups excluding carboxylic acids is 2. The summed E-state index contributed by atoms with van der Waals surface area (Å²) in [6.07, 6.45) is 0.571. The first-order valence-electron chi connectivity index (χ1n) is 6.61. The molecule has 0 bridgehead atoms. The van der Waals surface area contributed by atoms with Crippen molar-refractivity contribution < 1.29 is 24.2 Å². The van der Waals surface area contributed by atoms with Crippen molar-refractivity contribution >= 4 is 18.0 Å². The summed E-state index contributed by atoms with van der Waals surface area (Å²) < 4.78 is 4.55. The Bertz CT molecular complexity index is 344. The van der Waals surface area contributed by atoms with Crippen molar-refractivity contribution in [1.29, 1.82) is 0 Å². The minimum atomic E-state index is -0.849. The lowest BCUT2D eigenvalue weighted by molar-refractivity contribution is -0.141. The molecule has 20 heavy (non-hydrogen) atoms. The summed E-state index contributed by atoms with van der Waals surface area (Å²) in [6.45, 7) is 5.73. The minimum absolute atomic E-state index is 0.0576. The molecule has 0 aliphatic carbocycles. The number of hydrogen-bond acceptors (Lipinski definition) is 4. The number of nitrogens with one attached hydrogen (secondary N) is 1. The molecule has 1 unspecified atom stereocenters. The van der Waals surface area contributed by atoms with Gasteiger partial charge in [0.1, 0.15) is 6.54 Å². The van der Waals surface area contributed by atoms with Crippen LogP contribution in [-0.2, 0) is 14.3 Å². The Morgan fingerprint density at radius 2 is 1.85 bits per heavy atom. The molecule has 0 radical (unpaired) electrons. The summed E-state index contributed by atoms with van der Waals surface area (Å²) in [7, 11) is 1.27. The number of rotatable bonds is 8. The normalized spacial score (nSPS) is 11.8. The van der Waals surface area contributed by atoms with Gasteiger partial charge < -0.3 is 20.1 Å². The Hall–Kier alpha value is -1.79. The fraction of sp³-hybridized carbons (Fsp3) is 0.769. The number of amides is 2. The number of carboxylic acid groups (broad SMARTS) is 1. The molecule has 2 N–H and O–H groups in total. The van der Waals surface area contributed by atoms with Gasteiger partial charge in [0.15, 0.2) is 0 Å². The highest BCUT2D eigenvalue weighted by Gasteiger charge is 2.20. The number of carboxylic acids is 1. The Morgan fingerprint density at radius 3 is 2.30 bits per heavy atom. The zero-order chi connectivity index (χ0) is 15.7. The molecule has 1 atom stereocenters. The quantitative estimate of drug-likeness (QED) is 0.652. The van der Waals surface area contributed by atoms with Crippen molar-refractivity contribution in [1.82, 2.24) is 10.2 Å². The fourth-order valence-corrected chi connectivity index (χ4v) is 1.53. The van der Waals surface area contributed by atoms with Gasteiger partial charge in [0, 0.05) is 19.0 Å². The molecule has 0 saturated carbocycles. The van der Waals surface area contributed by atoms with Gasteiger partial charge in [-0.15, -0.1) is 0 Å². The van der Waals surface area contributed by atoms with Crippen molar-refractivity contribution in [3.63, 3.8) is 0 Å². The molecule has 0 aliphatic rings. The molecule has 116 valence electrons. The van der Waals surface area contributed by atoms with Crippen LogP contribution < -0.4 is 5.32 Å². The maximum absolute atomic E-state index is 12.0. The molecule has 2 amide bonds. The topological polar surface area (TPSA) is 95.9 Å². The van der Waals surface area contributed by atoms with Crippen LogP contribution in [0.15, 0.2) is 0 Å². The highest BCUT2D eigenvalue weighted by atomic mass is 16.5. The average Bonchev–Trinajstić information content (AvgIpc) is 2.38. The number of carbonyl (C=O) groups is 3. The van der Waals surface area contributed by atoms with Gasteiger partial charge in [-0.05, 0) is 26.2 Å². The van der Waals surface area contributed by atoms with Crippen LogP contribution in [-0.4, -0.2) is 54.2 Å². The van der Waals surface area contributed by atoms with Crippen LogP contribution in [0, 0.1) is 5.92 Å². The van der Waals surface area contributed by atoms with E-state index >= 15 is 0 Å². The van der Waals surface area contributed by atoms with Gasteiger partial charge in [0.2, 0.25) is 0 Å². The second kappa shape index (κ2) is 9.17. The lowest BCUT2D eigenvalue weighted by Crippen LogP contribution is -2.47. The van der Waals surface area contributed by atoms with Gasteiger partial charge in [0.25, 0.3) is 0 Å². The molecule has 0 heterocycles. The standard InChI is InChI=1S/C13H24N2O5/c1-9(2)15(8-12(18)20-4)13(19)14-7-10(3)5-6-11(16)17/h9-10H,5-8H2,1-4H3,(H,14,19)(H,16,17). The first-order chi connectivity index (χ1) is 9.27. The summed E-state index contributed by atoms with van der Waals surface area (Å²) in [6, 6.07) is -0.490. The third-order valence-electron chi connectivity index (χ3n) is 2.86. The van der Waals surface area contributed by atoms with E-state index in [0.29, 0.717) is 13.0 Å². The summed E-state index contributed by atoms with van der Waals surface area (Å²) >= 11 is 0. The van der Waals surface area contributed by atoms with Crippen LogP contribution >= 0.6 is 0 Å². The summed E-state index contributed by atoms with van der Waals surface area (Å²) in [4.78, 5) is 35.0.